The van der Waals surface area contributed by atoms with Crippen molar-refractivity contribution in [2.75, 3.05) is 25.4 Å². The van der Waals surface area contributed by atoms with Gasteiger partial charge in [0, 0.05) is 42.3 Å². The van der Waals surface area contributed by atoms with Crippen molar-refractivity contribution in [3.8, 4) is 17.0 Å². The summed E-state index contributed by atoms with van der Waals surface area (Å²) in [5, 5.41) is 0.957. The van der Waals surface area contributed by atoms with E-state index in [4.69, 9.17) is 10.5 Å². The molecule has 140 valence electrons. The molecule has 1 aliphatic heterocycles. The lowest BCUT2D eigenvalue weighted by Gasteiger charge is -2.15. The number of nitrogens with two attached hydrogens (primary N) is 1. The number of H-pyrrole nitrogens is 2. The van der Waals surface area contributed by atoms with Crippen LogP contribution in [0.3, 0.4) is 0 Å². The van der Waals surface area contributed by atoms with Gasteiger partial charge in [-0.25, -0.2) is 0 Å². The maximum Gasteiger partial charge on any atom is 0.257 e. The Morgan fingerprint density at radius 2 is 2.07 bits per heavy atom. The fraction of sp³-hybridized carbons (Fsp3) is 0.300. The van der Waals surface area contributed by atoms with Crippen LogP contribution >= 0.6 is 0 Å². The van der Waals surface area contributed by atoms with Gasteiger partial charge in [-0.15, -0.1) is 0 Å². The molecular formula is C20H22N4O3. The summed E-state index contributed by atoms with van der Waals surface area (Å²) in [6.45, 7) is 2.16. The zero-order valence-electron chi connectivity index (χ0n) is 15.0. The number of amides is 1. The van der Waals surface area contributed by atoms with Crippen LogP contribution in [-0.2, 0) is 4.79 Å². The highest BCUT2D eigenvalue weighted by molar-refractivity contribution is 5.87. The van der Waals surface area contributed by atoms with Crippen molar-refractivity contribution in [2.24, 2.45) is 0 Å². The largest absolute Gasteiger partial charge is 0.494 e. The van der Waals surface area contributed by atoms with E-state index in [2.05, 4.69) is 9.97 Å². The van der Waals surface area contributed by atoms with Crippen LogP contribution in [0.2, 0.25) is 0 Å². The monoisotopic (exact) mass is 366 g/mol. The van der Waals surface area contributed by atoms with E-state index in [1.54, 1.807) is 6.07 Å². The van der Waals surface area contributed by atoms with Crippen LogP contribution in [0.5, 0.6) is 5.75 Å². The van der Waals surface area contributed by atoms with Crippen LogP contribution < -0.4 is 16.0 Å². The number of carbonyl (C=O) groups excluding carboxylic acids is 1. The second-order valence-electron chi connectivity index (χ2n) is 6.79. The first-order chi connectivity index (χ1) is 13.1. The molecular weight excluding hydrogens is 344 g/mol. The Bertz CT molecular complexity index is 1040. The molecule has 1 aliphatic rings. The highest BCUT2D eigenvalue weighted by Crippen LogP contribution is 2.26. The number of anilines is 1. The number of nitrogens with one attached hydrogen (secondary N) is 2. The number of likely N-dealkylation sites (tertiary alicyclic amines) is 1. The molecule has 0 saturated carbocycles. The normalized spacial score (nSPS) is 14.2. The van der Waals surface area contributed by atoms with E-state index >= 15 is 0 Å². The predicted molar refractivity (Wildman–Crippen MR) is 105 cm³/mol. The lowest BCUT2D eigenvalue weighted by molar-refractivity contribution is -0.127. The van der Waals surface area contributed by atoms with Gasteiger partial charge in [0.25, 0.3) is 5.56 Å². The second kappa shape index (κ2) is 7.19. The number of hydrogen-bond acceptors (Lipinski definition) is 4. The number of ether oxygens (including phenoxy) is 1. The average molecular weight is 366 g/mol. The minimum Gasteiger partial charge on any atom is -0.494 e. The standard InChI is InChI=1S/C20H22N4O3/c21-14-11-16(20(26)22-12-14)18-10-13-9-15(4-5-17(13)23-18)27-8-2-7-24-6-1-3-19(24)25/h4-5,9-12,23H,1-3,6-8,21H2,(H,22,26). The molecule has 2 aromatic heterocycles. The number of hydrogen-bond donors (Lipinski definition) is 3. The van der Waals surface area contributed by atoms with E-state index in [0.717, 1.165) is 42.6 Å². The Kier molecular flexibility index (Phi) is 4.58. The molecule has 1 fully saturated rings. The Morgan fingerprint density at radius 3 is 2.89 bits per heavy atom. The molecule has 0 spiro atoms. The van der Waals surface area contributed by atoms with Crippen molar-refractivity contribution in [2.45, 2.75) is 19.3 Å². The van der Waals surface area contributed by atoms with Gasteiger partial charge in [0.15, 0.2) is 0 Å². The molecule has 4 N–H and O–H groups in total. The van der Waals surface area contributed by atoms with Crippen molar-refractivity contribution in [3.63, 3.8) is 0 Å². The van der Waals surface area contributed by atoms with Gasteiger partial charge in [-0.1, -0.05) is 0 Å². The summed E-state index contributed by atoms with van der Waals surface area (Å²) in [4.78, 5) is 31.4. The molecule has 0 unspecified atom stereocenters. The molecule has 1 amide bonds. The van der Waals surface area contributed by atoms with E-state index < -0.39 is 0 Å². The fourth-order valence-corrected chi connectivity index (χ4v) is 3.43. The molecule has 7 heteroatoms. The van der Waals surface area contributed by atoms with Crippen molar-refractivity contribution in [3.05, 3.63) is 46.9 Å². The van der Waals surface area contributed by atoms with Crippen LogP contribution in [0.4, 0.5) is 5.69 Å². The van der Waals surface area contributed by atoms with Crippen LogP contribution in [-0.4, -0.2) is 40.5 Å². The van der Waals surface area contributed by atoms with Gasteiger partial charge in [0.05, 0.1) is 17.9 Å². The van der Waals surface area contributed by atoms with Crippen LogP contribution in [0.1, 0.15) is 19.3 Å². The third-order valence-corrected chi connectivity index (χ3v) is 4.82. The maximum absolute atomic E-state index is 12.0. The molecule has 1 saturated heterocycles. The summed E-state index contributed by atoms with van der Waals surface area (Å²) in [6, 6.07) is 9.33. The Labute approximate surface area is 156 Å². The van der Waals surface area contributed by atoms with Gasteiger partial charge < -0.3 is 25.3 Å². The van der Waals surface area contributed by atoms with E-state index in [0.29, 0.717) is 30.0 Å². The minimum absolute atomic E-state index is 0.191. The molecule has 27 heavy (non-hydrogen) atoms. The average Bonchev–Trinajstić information content (AvgIpc) is 3.26. The third kappa shape index (κ3) is 3.67. The van der Waals surface area contributed by atoms with E-state index in [1.165, 1.54) is 6.20 Å². The first-order valence-electron chi connectivity index (χ1n) is 9.12. The van der Waals surface area contributed by atoms with E-state index in [9.17, 15) is 9.59 Å². The van der Waals surface area contributed by atoms with Crippen LogP contribution in [0.25, 0.3) is 22.2 Å². The number of aromatic nitrogens is 2. The lowest BCUT2D eigenvalue weighted by Crippen LogP contribution is -2.26. The highest BCUT2D eigenvalue weighted by atomic mass is 16.5. The van der Waals surface area contributed by atoms with Gasteiger partial charge in [-0.05, 0) is 43.2 Å². The second-order valence-corrected chi connectivity index (χ2v) is 6.79. The molecule has 0 radical (unpaired) electrons. The molecule has 1 aromatic carbocycles. The Balaban J connectivity index is 1.44. The summed E-state index contributed by atoms with van der Waals surface area (Å²) in [7, 11) is 0. The zero-order valence-corrected chi connectivity index (χ0v) is 15.0. The lowest BCUT2D eigenvalue weighted by atomic mass is 10.2. The van der Waals surface area contributed by atoms with Gasteiger partial charge >= 0.3 is 0 Å². The van der Waals surface area contributed by atoms with Crippen molar-refractivity contribution >= 4 is 22.5 Å². The Morgan fingerprint density at radius 1 is 1.19 bits per heavy atom. The summed E-state index contributed by atoms with van der Waals surface area (Å²) < 4.78 is 5.83. The summed E-state index contributed by atoms with van der Waals surface area (Å²) >= 11 is 0. The SMILES string of the molecule is Nc1c[nH]c(=O)c(-c2cc3cc(OCCCN4CCCC4=O)ccc3[nH]2)c1. The smallest absolute Gasteiger partial charge is 0.257 e. The number of rotatable bonds is 6. The van der Waals surface area contributed by atoms with Crippen molar-refractivity contribution in [1.29, 1.82) is 0 Å². The highest BCUT2D eigenvalue weighted by Gasteiger charge is 2.19. The van der Waals surface area contributed by atoms with E-state index in [1.807, 2.05) is 29.2 Å². The molecule has 0 bridgehead atoms. The number of benzene rings is 1. The first-order valence-corrected chi connectivity index (χ1v) is 9.12. The predicted octanol–water partition coefficient (Wildman–Crippen LogP) is 2.50. The van der Waals surface area contributed by atoms with Crippen LogP contribution in [0.15, 0.2) is 41.3 Å². The van der Waals surface area contributed by atoms with Gasteiger partial charge in [-0.2, -0.15) is 0 Å². The van der Waals surface area contributed by atoms with Crippen LogP contribution in [0, 0.1) is 0 Å². The Hall–Kier alpha value is -3.22. The number of aromatic amines is 2. The number of pyridine rings is 1. The van der Waals surface area contributed by atoms with Gasteiger partial charge in [0.2, 0.25) is 5.91 Å². The molecule has 3 aromatic rings. The summed E-state index contributed by atoms with van der Waals surface area (Å²) in [5.74, 6) is 1.01. The zero-order chi connectivity index (χ0) is 18.8. The number of carbonyl (C=O) groups is 1. The number of fused-ring (bicyclic) bond motifs is 1. The molecule has 0 aliphatic carbocycles. The van der Waals surface area contributed by atoms with Crippen molar-refractivity contribution < 1.29 is 9.53 Å². The summed E-state index contributed by atoms with van der Waals surface area (Å²) in [6.07, 6.45) is 3.92. The third-order valence-electron chi connectivity index (χ3n) is 4.82. The first kappa shape index (κ1) is 17.2. The summed E-state index contributed by atoms with van der Waals surface area (Å²) in [5.41, 5.74) is 8.22. The minimum atomic E-state index is -0.191. The molecule has 4 rings (SSSR count). The number of nitrogen functional groups attached to an aromatic ring is 1. The van der Waals surface area contributed by atoms with Crippen molar-refractivity contribution in [1.82, 2.24) is 14.9 Å². The molecule has 3 heterocycles. The number of nitrogens with zero attached hydrogens (tertiary/aromatic N) is 1. The molecule has 0 atom stereocenters. The quantitative estimate of drug-likeness (QED) is 0.583. The fourth-order valence-electron chi connectivity index (χ4n) is 3.43. The topological polar surface area (TPSA) is 104 Å². The van der Waals surface area contributed by atoms with E-state index in [-0.39, 0.29) is 11.5 Å². The maximum atomic E-state index is 12.0. The molecule has 7 nitrogen and oxygen atoms in total. The van der Waals surface area contributed by atoms with Gasteiger partial charge in [0.1, 0.15) is 5.75 Å². The van der Waals surface area contributed by atoms with Gasteiger partial charge in [-0.3, -0.25) is 9.59 Å².